The van der Waals surface area contributed by atoms with Crippen molar-refractivity contribution in [2.45, 2.75) is 216 Å². The SMILES string of the molecule is C.C.C.CF.CI.Clc1cccc(-c2cc3n(n2)C2(CC2)CNC3)c1.Clc1cccc(-c2cc3n(n2)C2(CCC3)CC2)c1.Clc1cccc(-c2nn3c(c2I)CCCC32CC2)c1.NC(=O)c1c(-c2cccc(Cl)c2)nn2c1CCCC21CC1.O=C1NCC2(CC2)n2nc(-c3cccc(Cl)c3)cc21.[C-]#[N+]c1c(-c2cccc(Cl)c2)nn2c1CCCC21CC1.[CH3-].[K+]. The smallest absolute Gasteiger partial charge is 0.365 e. The van der Waals surface area contributed by atoms with Crippen molar-refractivity contribution in [2.75, 3.05) is 25.2 Å². The fourth-order valence-corrected chi connectivity index (χ4v) is 20.5. The summed E-state index contributed by atoms with van der Waals surface area (Å²) in [6, 6.07) is 52.8. The first kappa shape index (κ1) is 96.8. The van der Waals surface area contributed by atoms with E-state index in [0.29, 0.717) is 56.8 Å². The van der Waals surface area contributed by atoms with Crippen molar-refractivity contribution >= 4 is 132 Å². The summed E-state index contributed by atoms with van der Waals surface area (Å²) in [6.07, 6.45) is 28.5. The second-order valence-electron chi connectivity index (χ2n) is 33.4. The van der Waals surface area contributed by atoms with Crippen LogP contribution >= 0.6 is 115 Å². The van der Waals surface area contributed by atoms with Gasteiger partial charge in [-0.25, -0.2) is 4.85 Å². The van der Waals surface area contributed by atoms with Crippen LogP contribution in [0.2, 0.25) is 30.1 Å². The Kier molecular flexibility index (Phi) is 31.2. The van der Waals surface area contributed by atoms with Crippen LogP contribution in [0.15, 0.2) is 164 Å². The minimum atomic E-state index is -0.399. The van der Waals surface area contributed by atoms with Crippen LogP contribution in [-0.2, 0) is 65.5 Å². The molecule has 0 atom stereocenters. The molecule has 6 aliphatic heterocycles. The number of nitrogens with zero attached hydrogens (tertiary/aromatic N) is 13. The van der Waals surface area contributed by atoms with Gasteiger partial charge in [0.25, 0.3) is 11.8 Å². The molecule has 6 spiro atoms. The Morgan fingerprint density at radius 2 is 0.766 bits per heavy atom. The Labute approximate surface area is 828 Å². The van der Waals surface area contributed by atoms with Crippen molar-refractivity contribution < 1.29 is 65.4 Å². The Hall–Kier alpha value is -6.26. The summed E-state index contributed by atoms with van der Waals surface area (Å²) in [4.78, 5) is 29.6. The molecule has 12 aromatic rings. The van der Waals surface area contributed by atoms with Crippen LogP contribution in [0.3, 0.4) is 0 Å². The Balaban J connectivity index is 0.000000134. The van der Waals surface area contributed by atoms with Gasteiger partial charge in [0.1, 0.15) is 17.1 Å². The Morgan fingerprint density at radius 1 is 0.427 bits per heavy atom. The molecule has 4 N–H and O–H groups in total. The number of aromatic nitrogens is 12. The Bertz CT molecular complexity index is 5810. The molecule has 12 aliphatic rings. The van der Waals surface area contributed by atoms with Gasteiger partial charge >= 0.3 is 51.4 Å². The molecule has 646 valence electrons. The van der Waals surface area contributed by atoms with E-state index >= 15 is 0 Å². The summed E-state index contributed by atoms with van der Waals surface area (Å²) in [5, 5.41) is 39.5. The molecule has 6 aliphatic carbocycles. The molecule has 0 saturated heterocycles. The predicted molar refractivity (Wildman–Crippen MR) is 516 cm³/mol. The van der Waals surface area contributed by atoms with Gasteiger partial charge in [0.15, 0.2) is 0 Å². The van der Waals surface area contributed by atoms with E-state index in [0.717, 1.165) is 171 Å². The van der Waals surface area contributed by atoms with E-state index in [2.05, 4.69) is 119 Å². The summed E-state index contributed by atoms with van der Waals surface area (Å²) < 4.78 is 23.8. The number of aryl methyl sites for hydroxylation is 1. The fraction of sp³-hybridized carbons (Fsp3) is 0.396. The average Bonchev–Trinajstić information content (AvgIpc) is 1.59. The molecule has 6 aromatic heterocycles. The first-order chi connectivity index (χ1) is 57.7. The number of hydrogen-bond acceptors (Lipinski definition) is 9. The van der Waals surface area contributed by atoms with Gasteiger partial charge in [-0.1, -0.05) is 187 Å². The molecular weight excluding hydrogens is 1930 g/mol. The molecule has 6 saturated carbocycles. The number of primary amides is 1. The number of benzene rings is 6. The number of halogens is 9. The van der Waals surface area contributed by atoms with Gasteiger partial charge < -0.3 is 23.8 Å². The minimum absolute atomic E-state index is 0. The second-order valence-corrected chi connectivity index (χ2v) is 37.1. The molecular formula is C96H106Cl6FI2KN16O2. The van der Waals surface area contributed by atoms with Crippen LogP contribution in [0.5, 0.6) is 0 Å². The maximum atomic E-state index is 12.0. The van der Waals surface area contributed by atoms with E-state index in [1.807, 2.05) is 143 Å². The number of carbonyl (C=O) groups excluding carboxylic acids is 2. The van der Waals surface area contributed by atoms with Crippen molar-refractivity contribution in [3.63, 3.8) is 0 Å². The number of nitrogens with two attached hydrogens (primary N) is 1. The number of nitrogens with one attached hydrogen (secondary N) is 2. The van der Waals surface area contributed by atoms with Crippen LogP contribution < -0.4 is 67.8 Å². The molecule has 2 amide bonds. The summed E-state index contributed by atoms with van der Waals surface area (Å²) in [6.45, 7) is 10.2. The number of amides is 2. The third-order valence-corrected chi connectivity index (χ3v) is 28.2. The molecule has 0 bridgehead atoms. The molecule has 0 unspecified atom stereocenters. The molecule has 0 radical (unpaired) electrons. The van der Waals surface area contributed by atoms with Crippen molar-refractivity contribution in [2.24, 2.45) is 5.73 Å². The fourth-order valence-electron chi connectivity index (χ4n) is 18.5. The minimum Gasteiger partial charge on any atom is -0.365 e. The van der Waals surface area contributed by atoms with E-state index in [1.54, 1.807) is 0 Å². The molecule has 12 heterocycles. The summed E-state index contributed by atoms with van der Waals surface area (Å²) in [7, 11) is 0.500. The van der Waals surface area contributed by atoms with Crippen LogP contribution in [0, 0.1) is 17.6 Å². The van der Waals surface area contributed by atoms with Crippen LogP contribution in [-0.4, -0.2) is 95.7 Å². The average molecular weight is 2040 g/mol. The maximum Gasteiger partial charge on any atom is 1.00 e. The summed E-state index contributed by atoms with van der Waals surface area (Å²) >= 11 is 41.0. The molecule has 124 heavy (non-hydrogen) atoms. The zero-order valence-corrected chi connectivity index (χ0v) is 80.3. The van der Waals surface area contributed by atoms with Gasteiger partial charge in [0.05, 0.1) is 96.0 Å². The maximum absolute atomic E-state index is 12.0. The summed E-state index contributed by atoms with van der Waals surface area (Å²) in [5.41, 5.74) is 26.8. The van der Waals surface area contributed by atoms with Crippen LogP contribution in [0.4, 0.5) is 10.1 Å². The topological polar surface area (TPSA) is 196 Å². The molecule has 24 rings (SSSR count). The van der Waals surface area contributed by atoms with E-state index in [9.17, 15) is 14.0 Å². The second kappa shape index (κ2) is 40.0. The van der Waals surface area contributed by atoms with Gasteiger partial charge in [-0.2, -0.15) is 30.6 Å². The number of fused-ring (bicyclic) bond motifs is 12. The van der Waals surface area contributed by atoms with Gasteiger partial charge in [-0.05, 0) is 278 Å². The van der Waals surface area contributed by atoms with Gasteiger partial charge in [-0.15, -0.1) is 0 Å². The normalized spacial score (nSPS) is 17.9. The van der Waals surface area contributed by atoms with Crippen LogP contribution in [0.25, 0.3) is 72.4 Å². The molecule has 28 heteroatoms. The van der Waals surface area contributed by atoms with Crippen molar-refractivity contribution in [3.05, 3.63) is 256 Å². The third-order valence-electron chi connectivity index (χ3n) is 25.6. The van der Waals surface area contributed by atoms with Crippen molar-refractivity contribution in [3.8, 4) is 67.5 Å². The van der Waals surface area contributed by atoms with E-state index < -0.39 is 5.91 Å². The Morgan fingerprint density at radius 3 is 1.21 bits per heavy atom. The zero-order chi connectivity index (χ0) is 82.8. The molecule has 6 fully saturated rings. The quantitative estimate of drug-likeness (QED) is 0.0602. The van der Waals surface area contributed by atoms with E-state index in [4.69, 9.17) is 107 Å². The zero-order valence-electron chi connectivity index (χ0n) is 68.3. The van der Waals surface area contributed by atoms with Gasteiger partial charge in [0, 0.05) is 89.0 Å². The first-order valence-electron chi connectivity index (χ1n) is 41.1. The van der Waals surface area contributed by atoms with Crippen molar-refractivity contribution in [1.82, 2.24) is 69.3 Å². The number of rotatable bonds is 7. The largest absolute Gasteiger partial charge is 1.00 e. The molecule has 6 aromatic carbocycles. The van der Waals surface area contributed by atoms with E-state index in [1.165, 1.54) is 111 Å². The number of hydrogen-bond donors (Lipinski definition) is 3. The number of carbonyl (C=O) groups is 2. The summed E-state index contributed by atoms with van der Waals surface area (Å²) in [5.74, 6) is -0.442. The third kappa shape index (κ3) is 19.6. The van der Waals surface area contributed by atoms with Crippen LogP contribution in [0.1, 0.15) is 200 Å². The standard InChI is InChI=1S/C16H16ClN3O.C16H14ClN3.C15H14ClIN2.C15H15ClN2.C14H12ClN3O.C14H14ClN3.CH3F.CH3I.3CH4.CH3.K/c17-11-4-1-3-10(9-11)14-13(15(18)21)12-5-2-6-16(7-8-16)20(12)19-14;1-18-15-13-6-3-7-16(8-9-16)20(13)19-14(15)11-4-2-5-12(17)10-11;16-11-4-1-3-10(9-11)14-13(17)12-5-2-6-15(7-8-15)19(12)18-14;16-12-4-1-3-11(9-12)14-10-13-5-2-6-15(7-8-15)18(13)17-14;15-10-3-1-2-9(6-10)11-7-12-13(19)16-8-14(4-5-14)18(12)17-11;15-11-3-1-2-10(6-11)13-7-12-8-16-9-14(4-5-14)18(12)17-13;2*1-2;;;;;/h1,3-4,9H,2,5-8H2,(H2,18,21);2,4-5,10H,3,6-9H2;1,3-4,9H,2,5-8H2;1,3-4,9-10H,2,5-8H2;1-3,6-7H,4-5,8H2,(H,16,19);1-3,6-7,16H,4-5,8-9H2;2*1H3;3*1H4;1H3;/q;;;;;;;;;;;-1;+1. The molecule has 18 nitrogen and oxygen atoms in total. The monoisotopic (exact) mass is 2040 g/mol. The first-order valence-corrected chi connectivity index (χ1v) is 46.6. The van der Waals surface area contributed by atoms with Gasteiger partial charge in [0.2, 0.25) is 5.69 Å². The van der Waals surface area contributed by atoms with Crippen molar-refractivity contribution in [1.29, 1.82) is 0 Å². The predicted octanol–water partition coefficient (Wildman–Crippen LogP) is 22.6. The van der Waals surface area contributed by atoms with Gasteiger partial charge in [-0.3, -0.25) is 42.1 Å². The number of alkyl halides is 2. The van der Waals surface area contributed by atoms with E-state index in [-0.39, 0.29) is 109 Å².